The summed E-state index contributed by atoms with van der Waals surface area (Å²) in [5, 5.41) is 0. The molecule has 2 heterocycles. The lowest BCUT2D eigenvalue weighted by Crippen LogP contribution is -2.39. The smallest absolute Gasteiger partial charge is 0.310 e. The first kappa shape index (κ1) is 18.1. The molecule has 0 saturated carbocycles. The first-order valence-electron chi connectivity index (χ1n) is 9.45. The second-order valence-electron chi connectivity index (χ2n) is 6.96. The second kappa shape index (κ2) is 8.09. The molecule has 2 aliphatic heterocycles. The van der Waals surface area contributed by atoms with E-state index in [9.17, 15) is 4.79 Å². The number of esters is 1. The average molecular weight is 347 g/mol. The maximum Gasteiger partial charge on any atom is 0.310 e. The Morgan fingerprint density at radius 2 is 2.16 bits per heavy atom. The zero-order chi connectivity index (χ0) is 17.8. The number of ether oxygens (including phenoxy) is 3. The normalized spacial score (nSPS) is 23.0. The van der Waals surface area contributed by atoms with Gasteiger partial charge in [-0.05, 0) is 52.3 Å². The number of carbonyl (C=O) groups excluding carboxylic acids is 1. The number of piperidine rings is 1. The van der Waals surface area contributed by atoms with Crippen LogP contribution in [0.3, 0.4) is 0 Å². The minimum absolute atomic E-state index is 0.0186. The van der Waals surface area contributed by atoms with Crippen LogP contribution in [-0.4, -0.2) is 43.3 Å². The van der Waals surface area contributed by atoms with Crippen LogP contribution in [0, 0.1) is 5.92 Å². The van der Waals surface area contributed by atoms with Crippen molar-refractivity contribution in [2.75, 3.05) is 26.3 Å². The zero-order valence-corrected chi connectivity index (χ0v) is 15.5. The van der Waals surface area contributed by atoms with E-state index in [2.05, 4.69) is 24.0 Å². The summed E-state index contributed by atoms with van der Waals surface area (Å²) < 4.78 is 17.0. The number of carbonyl (C=O) groups is 1. The predicted molar refractivity (Wildman–Crippen MR) is 96.0 cm³/mol. The zero-order valence-electron chi connectivity index (χ0n) is 15.5. The van der Waals surface area contributed by atoms with Crippen molar-refractivity contribution >= 4 is 5.97 Å². The van der Waals surface area contributed by atoms with Gasteiger partial charge in [0, 0.05) is 30.6 Å². The molecule has 0 bridgehead atoms. The van der Waals surface area contributed by atoms with E-state index < -0.39 is 0 Å². The Kier molecular flexibility index (Phi) is 5.84. The third-order valence-electron chi connectivity index (χ3n) is 4.90. The van der Waals surface area contributed by atoms with Crippen LogP contribution in [0.15, 0.2) is 12.1 Å². The van der Waals surface area contributed by atoms with E-state index in [1.807, 2.05) is 13.8 Å². The van der Waals surface area contributed by atoms with Crippen LogP contribution < -0.4 is 9.47 Å². The summed E-state index contributed by atoms with van der Waals surface area (Å²) in [6.45, 7) is 9.57. The van der Waals surface area contributed by atoms with Crippen LogP contribution in [0.1, 0.15) is 44.7 Å². The molecule has 0 aromatic heterocycles. The van der Waals surface area contributed by atoms with Crippen LogP contribution in [0.4, 0.5) is 0 Å². The van der Waals surface area contributed by atoms with Gasteiger partial charge in [0.2, 0.25) is 0 Å². The van der Waals surface area contributed by atoms with Crippen LogP contribution in [0.5, 0.6) is 11.5 Å². The van der Waals surface area contributed by atoms with Crippen LogP contribution in [0.25, 0.3) is 0 Å². The Morgan fingerprint density at radius 3 is 2.92 bits per heavy atom. The van der Waals surface area contributed by atoms with Gasteiger partial charge in [-0.15, -0.1) is 0 Å². The molecule has 1 aromatic carbocycles. The maximum atomic E-state index is 12.1. The van der Waals surface area contributed by atoms with Crippen molar-refractivity contribution in [3.05, 3.63) is 23.3 Å². The van der Waals surface area contributed by atoms with E-state index in [0.29, 0.717) is 13.2 Å². The summed E-state index contributed by atoms with van der Waals surface area (Å²) in [6.07, 6.45) is 3.09. The molecule has 0 aliphatic carbocycles. The molecule has 2 atom stereocenters. The molecule has 3 rings (SSSR count). The fourth-order valence-electron chi connectivity index (χ4n) is 3.79. The van der Waals surface area contributed by atoms with Crippen molar-refractivity contribution in [2.24, 2.45) is 5.92 Å². The molecule has 2 aliphatic rings. The van der Waals surface area contributed by atoms with Crippen LogP contribution in [-0.2, 0) is 22.5 Å². The molecule has 0 amide bonds. The van der Waals surface area contributed by atoms with Crippen LogP contribution in [0.2, 0.25) is 0 Å². The van der Waals surface area contributed by atoms with Crippen molar-refractivity contribution in [1.29, 1.82) is 0 Å². The second-order valence-corrected chi connectivity index (χ2v) is 6.96. The van der Waals surface area contributed by atoms with Gasteiger partial charge < -0.3 is 14.2 Å². The average Bonchev–Trinajstić information content (AvgIpc) is 2.95. The third kappa shape index (κ3) is 4.27. The number of likely N-dealkylation sites (tertiary alicyclic amines) is 1. The van der Waals surface area contributed by atoms with E-state index in [0.717, 1.165) is 56.0 Å². The topological polar surface area (TPSA) is 48.0 Å². The molecule has 1 fully saturated rings. The predicted octanol–water partition coefficient (Wildman–Crippen LogP) is 3.18. The Morgan fingerprint density at radius 1 is 1.32 bits per heavy atom. The molecule has 0 spiro atoms. The van der Waals surface area contributed by atoms with Crippen molar-refractivity contribution in [2.45, 2.75) is 52.7 Å². The van der Waals surface area contributed by atoms with Gasteiger partial charge >= 0.3 is 5.97 Å². The summed E-state index contributed by atoms with van der Waals surface area (Å²) in [6, 6.07) is 4.25. The van der Waals surface area contributed by atoms with E-state index in [1.54, 1.807) is 0 Å². The lowest BCUT2D eigenvalue weighted by Gasteiger charge is -2.32. The van der Waals surface area contributed by atoms with Gasteiger partial charge in [0.15, 0.2) is 0 Å². The molecule has 0 radical (unpaired) electrons. The molecule has 25 heavy (non-hydrogen) atoms. The van der Waals surface area contributed by atoms with E-state index >= 15 is 0 Å². The lowest BCUT2D eigenvalue weighted by molar-refractivity contribution is -0.150. The first-order valence-corrected chi connectivity index (χ1v) is 9.45. The van der Waals surface area contributed by atoms with Crippen molar-refractivity contribution in [1.82, 2.24) is 4.90 Å². The molecule has 1 aromatic rings. The highest BCUT2D eigenvalue weighted by atomic mass is 16.5. The molecular weight excluding hydrogens is 318 g/mol. The summed E-state index contributed by atoms with van der Waals surface area (Å²) in [5.41, 5.74) is 2.36. The number of rotatable bonds is 6. The summed E-state index contributed by atoms with van der Waals surface area (Å²) >= 11 is 0. The van der Waals surface area contributed by atoms with Gasteiger partial charge in [-0.1, -0.05) is 0 Å². The number of fused-ring (bicyclic) bond motifs is 1. The van der Waals surface area contributed by atoms with Gasteiger partial charge in [0.1, 0.15) is 17.6 Å². The van der Waals surface area contributed by atoms with Gasteiger partial charge in [0.05, 0.1) is 19.1 Å². The number of benzene rings is 1. The minimum Gasteiger partial charge on any atom is -0.494 e. The molecule has 2 unspecified atom stereocenters. The van der Waals surface area contributed by atoms with Gasteiger partial charge in [-0.3, -0.25) is 9.69 Å². The van der Waals surface area contributed by atoms with E-state index in [1.165, 1.54) is 5.56 Å². The SMILES string of the molecule is CCOC(=O)C1CCCN(Cc2cc3c(cc2OCC)CC(C)O3)C1. The van der Waals surface area contributed by atoms with Gasteiger partial charge in [0.25, 0.3) is 0 Å². The summed E-state index contributed by atoms with van der Waals surface area (Å²) in [7, 11) is 0. The van der Waals surface area contributed by atoms with E-state index in [-0.39, 0.29) is 18.0 Å². The first-order chi connectivity index (χ1) is 12.1. The standard InChI is InChI=1S/C20H29NO4/c1-4-23-18-10-16-9-14(3)25-19(16)11-17(18)13-21-8-6-7-15(12-21)20(22)24-5-2/h10-11,14-15H,4-9,12-13H2,1-3H3. The monoisotopic (exact) mass is 347 g/mol. The molecule has 1 saturated heterocycles. The maximum absolute atomic E-state index is 12.1. The highest BCUT2D eigenvalue weighted by Crippen LogP contribution is 2.36. The third-order valence-corrected chi connectivity index (χ3v) is 4.90. The molecular formula is C20H29NO4. The van der Waals surface area contributed by atoms with Crippen molar-refractivity contribution in [3.8, 4) is 11.5 Å². The molecule has 0 N–H and O–H groups in total. The highest BCUT2D eigenvalue weighted by Gasteiger charge is 2.28. The van der Waals surface area contributed by atoms with Gasteiger partial charge in [-0.2, -0.15) is 0 Å². The largest absolute Gasteiger partial charge is 0.494 e. The minimum atomic E-state index is -0.0663. The lowest BCUT2D eigenvalue weighted by atomic mass is 9.97. The Balaban J connectivity index is 1.73. The quantitative estimate of drug-likeness (QED) is 0.740. The molecule has 5 heteroatoms. The van der Waals surface area contributed by atoms with E-state index in [4.69, 9.17) is 14.2 Å². The summed E-state index contributed by atoms with van der Waals surface area (Å²) in [4.78, 5) is 14.4. The van der Waals surface area contributed by atoms with Crippen molar-refractivity contribution < 1.29 is 19.0 Å². The fraction of sp³-hybridized carbons (Fsp3) is 0.650. The fourth-order valence-corrected chi connectivity index (χ4v) is 3.79. The van der Waals surface area contributed by atoms with Crippen LogP contribution >= 0.6 is 0 Å². The Labute approximate surface area is 150 Å². The number of hydrogen-bond acceptors (Lipinski definition) is 5. The number of hydrogen-bond donors (Lipinski definition) is 0. The highest BCUT2D eigenvalue weighted by molar-refractivity contribution is 5.72. The molecule has 138 valence electrons. The van der Waals surface area contributed by atoms with Crippen molar-refractivity contribution in [3.63, 3.8) is 0 Å². The molecule has 5 nitrogen and oxygen atoms in total. The Hall–Kier alpha value is -1.75. The number of nitrogens with zero attached hydrogens (tertiary/aromatic N) is 1. The summed E-state index contributed by atoms with van der Waals surface area (Å²) in [5.74, 6) is 1.83. The Bertz CT molecular complexity index is 616. The van der Waals surface area contributed by atoms with Gasteiger partial charge in [-0.25, -0.2) is 0 Å².